The molecule has 0 aliphatic rings. The molecule has 102 valence electrons. The van der Waals surface area contributed by atoms with Gasteiger partial charge in [0, 0.05) is 18.0 Å². The van der Waals surface area contributed by atoms with Crippen molar-refractivity contribution < 1.29 is 9.47 Å². The molecule has 0 saturated carbocycles. The van der Waals surface area contributed by atoms with Crippen LogP contribution in [0.5, 0.6) is 11.5 Å². The molecule has 1 aromatic rings. The van der Waals surface area contributed by atoms with E-state index in [1.807, 2.05) is 20.0 Å². The maximum atomic E-state index is 5.59. The van der Waals surface area contributed by atoms with E-state index >= 15 is 0 Å². The third-order valence-electron chi connectivity index (χ3n) is 3.44. The highest BCUT2D eigenvalue weighted by atomic mass is 16.5. The minimum atomic E-state index is 0.439. The molecular weight excluding hydrogens is 226 g/mol. The van der Waals surface area contributed by atoms with Crippen LogP contribution < -0.4 is 14.8 Å². The molecule has 0 aromatic heterocycles. The van der Waals surface area contributed by atoms with Crippen molar-refractivity contribution in [1.29, 1.82) is 0 Å². The van der Waals surface area contributed by atoms with Crippen molar-refractivity contribution in [3.63, 3.8) is 0 Å². The fraction of sp³-hybridized carbons (Fsp3) is 0.600. The number of hydrogen-bond donors (Lipinski definition) is 1. The van der Waals surface area contributed by atoms with Gasteiger partial charge < -0.3 is 14.8 Å². The molecule has 0 bridgehead atoms. The summed E-state index contributed by atoms with van der Waals surface area (Å²) in [6.45, 7) is 7.46. The average Bonchev–Trinajstić information content (AvgIpc) is 2.35. The van der Waals surface area contributed by atoms with Gasteiger partial charge in [0.05, 0.1) is 14.2 Å². The Morgan fingerprint density at radius 1 is 1.17 bits per heavy atom. The minimum Gasteiger partial charge on any atom is -0.496 e. The fourth-order valence-corrected chi connectivity index (χ4v) is 2.40. The molecule has 1 aromatic carbocycles. The molecule has 18 heavy (non-hydrogen) atoms. The number of nitrogens with one attached hydrogen (secondary N) is 1. The predicted octanol–water partition coefficient (Wildman–Crippen LogP) is 2.97. The van der Waals surface area contributed by atoms with Gasteiger partial charge in [-0.3, -0.25) is 0 Å². The maximum absolute atomic E-state index is 5.59. The molecule has 0 saturated heterocycles. The van der Waals surface area contributed by atoms with Crippen LogP contribution in [0.1, 0.15) is 30.9 Å². The Morgan fingerprint density at radius 2 is 1.83 bits per heavy atom. The van der Waals surface area contributed by atoms with Crippen molar-refractivity contribution in [1.82, 2.24) is 5.32 Å². The van der Waals surface area contributed by atoms with Crippen LogP contribution in [-0.2, 0) is 0 Å². The Kier molecular flexibility index (Phi) is 5.48. The van der Waals surface area contributed by atoms with E-state index in [0.29, 0.717) is 11.8 Å². The highest BCUT2D eigenvalue weighted by Gasteiger charge is 2.21. The summed E-state index contributed by atoms with van der Waals surface area (Å²) in [5, 5.41) is 3.26. The first-order valence-electron chi connectivity index (χ1n) is 6.42. The summed E-state index contributed by atoms with van der Waals surface area (Å²) in [6.07, 6.45) is 0. The largest absolute Gasteiger partial charge is 0.496 e. The second-order valence-corrected chi connectivity index (χ2v) is 4.92. The van der Waals surface area contributed by atoms with Crippen molar-refractivity contribution in [3.05, 3.63) is 23.3 Å². The summed E-state index contributed by atoms with van der Waals surface area (Å²) < 4.78 is 10.9. The minimum absolute atomic E-state index is 0.439. The molecule has 0 aliphatic carbocycles. The number of likely N-dealkylation sites (N-methyl/N-ethyl adjacent to an activating group) is 1. The first-order valence-corrected chi connectivity index (χ1v) is 6.42. The van der Waals surface area contributed by atoms with Gasteiger partial charge in [-0.15, -0.1) is 0 Å². The lowest BCUT2D eigenvalue weighted by Gasteiger charge is -2.24. The van der Waals surface area contributed by atoms with Crippen molar-refractivity contribution >= 4 is 0 Å². The number of rotatable bonds is 6. The van der Waals surface area contributed by atoms with Gasteiger partial charge in [0.25, 0.3) is 0 Å². The SMILES string of the molecule is CNCC(c1ccc(OC)c(C)c1OC)C(C)C. The van der Waals surface area contributed by atoms with Crippen LogP contribution >= 0.6 is 0 Å². The summed E-state index contributed by atoms with van der Waals surface area (Å²) in [6, 6.07) is 4.14. The maximum Gasteiger partial charge on any atom is 0.128 e. The van der Waals surface area contributed by atoms with Gasteiger partial charge >= 0.3 is 0 Å². The third-order valence-corrected chi connectivity index (χ3v) is 3.44. The molecule has 1 N–H and O–H groups in total. The average molecular weight is 251 g/mol. The number of hydrogen-bond acceptors (Lipinski definition) is 3. The van der Waals surface area contributed by atoms with E-state index in [1.54, 1.807) is 14.2 Å². The Hall–Kier alpha value is -1.22. The predicted molar refractivity (Wildman–Crippen MR) is 75.8 cm³/mol. The summed E-state index contributed by atoms with van der Waals surface area (Å²) in [4.78, 5) is 0. The summed E-state index contributed by atoms with van der Waals surface area (Å²) in [5.41, 5.74) is 2.32. The quantitative estimate of drug-likeness (QED) is 0.843. The van der Waals surface area contributed by atoms with Gasteiger partial charge in [-0.05, 0) is 31.5 Å². The van der Waals surface area contributed by atoms with E-state index < -0.39 is 0 Å². The number of benzene rings is 1. The standard InChI is InChI=1S/C15H25NO2/c1-10(2)13(9-16-4)12-7-8-14(17-5)11(3)15(12)18-6/h7-8,10,13,16H,9H2,1-6H3. The van der Waals surface area contributed by atoms with Crippen molar-refractivity contribution in [2.24, 2.45) is 5.92 Å². The zero-order valence-electron chi connectivity index (χ0n) is 12.3. The first kappa shape index (κ1) is 14.8. The zero-order chi connectivity index (χ0) is 13.7. The van der Waals surface area contributed by atoms with Crippen molar-refractivity contribution in [2.75, 3.05) is 27.8 Å². The normalized spacial score (nSPS) is 12.6. The summed E-state index contributed by atoms with van der Waals surface area (Å²) in [7, 11) is 5.40. The van der Waals surface area contributed by atoms with Gasteiger partial charge in [-0.1, -0.05) is 19.9 Å². The molecule has 0 spiro atoms. The fourth-order valence-electron chi connectivity index (χ4n) is 2.40. The topological polar surface area (TPSA) is 30.5 Å². The van der Waals surface area contributed by atoms with Crippen LogP contribution in [-0.4, -0.2) is 27.8 Å². The van der Waals surface area contributed by atoms with Gasteiger partial charge in [0.1, 0.15) is 11.5 Å². The lowest BCUT2D eigenvalue weighted by molar-refractivity contribution is 0.374. The van der Waals surface area contributed by atoms with Crippen molar-refractivity contribution in [3.8, 4) is 11.5 Å². The second kappa shape index (κ2) is 6.64. The Balaban J connectivity index is 3.25. The van der Waals surface area contributed by atoms with Crippen LogP contribution in [0.3, 0.4) is 0 Å². The van der Waals surface area contributed by atoms with E-state index in [2.05, 4.69) is 25.2 Å². The van der Waals surface area contributed by atoms with E-state index in [4.69, 9.17) is 9.47 Å². The summed E-state index contributed by atoms with van der Waals surface area (Å²) >= 11 is 0. The highest BCUT2D eigenvalue weighted by Crippen LogP contribution is 2.37. The van der Waals surface area contributed by atoms with E-state index in [9.17, 15) is 0 Å². The number of methoxy groups -OCH3 is 2. The molecule has 3 nitrogen and oxygen atoms in total. The van der Waals surface area contributed by atoms with Gasteiger partial charge in [0.2, 0.25) is 0 Å². The smallest absolute Gasteiger partial charge is 0.128 e. The van der Waals surface area contributed by atoms with E-state index in [0.717, 1.165) is 23.6 Å². The van der Waals surface area contributed by atoms with Crippen LogP contribution in [0.15, 0.2) is 12.1 Å². The van der Waals surface area contributed by atoms with Gasteiger partial charge in [-0.2, -0.15) is 0 Å². The number of ether oxygens (including phenoxy) is 2. The molecule has 1 unspecified atom stereocenters. The van der Waals surface area contributed by atoms with Crippen LogP contribution in [0.25, 0.3) is 0 Å². The summed E-state index contributed by atoms with van der Waals surface area (Å²) in [5.74, 6) is 2.82. The van der Waals surface area contributed by atoms with Crippen LogP contribution in [0.2, 0.25) is 0 Å². The van der Waals surface area contributed by atoms with E-state index in [1.165, 1.54) is 5.56 Å². The van der Waals surface area contributed by atoms with E-state index in [-0.39, 0.29) is 0 Å². The molecule has 0 aliphatic heterocycles. The first-order chi connectivity index (χ1) is 8.56. The Labute approximate surface area is 110 Å². The molecule has 0 radical (unpaired) electrons. The third kappa shape index (κ3) is 2.96. The van der Waals surface area contributed by atoms with Crippen molar-refractivity contribution in [2.45, 2.75) is 26.7 Å². The van der Waals surface area contributed by atoms with Crippen LogP contribution in [0, 0.1) is 12.8 Å². The van der Waals surface area contributed by atoms with Crippen LogP contribution in [0.4, 0.5) is 0 Å². The molecular formula is C15H25NO2. The lowest BCUT2D eigenvalue weighted by Crippen LogP contribution is -2.22. The Bertz CT molecular complexity index is 388. The highest BCUT2D eigenvalue weighted by molar-refractivity contribution is 5.50. The lowest BCUT2D eigenvalue weighted by atomic mass is 9.86. The monoisotopic (exact) mass is 251 g/mol. The van der Waals surface area contributed by atoms with Gasteiger partial charge in [0.15, 0.2) is 0 Å². The van der Waals surface area contributed by atoms with Gasteiger partial charge in [-0.25, -0.2) is 0 Å². The molecule has 1 atom stereocenters. The zero-order valence-corrected chi connectivity index (χ0v) is 12.3. The Morgan fingerprint density at radius 3 is 2.28 bits per heavy atom. The molecule has 0 heterocycles. The second-order valence-electron chi connectivity index (χ2n) is 4.92. The molecule has 3 heteroatoms. The molecule has 0 amide bonds. The molecule has 0 fully saturated rings. The molecule has 1 rings (SSSR count).